The summed E-state index contributed by atoms with van der Waals surface area (Å²) < 4.78 is 0. The normalized spacial score (nSPS) is 11.7. The maximum atomic E-state index is 12.7. The number of hydrogen-bond acceptors (Lipinski definition) is 6. The predicted octanol–water partition coefficient (Wildman–Crippen LogP) is 4.08. The Morgan fingerprint density at radius 1 is 1.00 bits per heavy atom. The second-order valence-electron chi connectivity index (χ2n) is 5.44. The number of nitrogens with zero attached hydrogens (tertiary/aromatic N) is 2. The highest BCUT2D eigenvalue weighted by atomic mass is 35.5. The van der Waals surface area contributed by atoms with Crippen molar-refractivity contribution < 1.29 is 9.59 Å². The molecule has 0 saturated heterocycles. The van der Waals surface area contributed by atoms with Gasteiger partial charge in [-0.15, -0.1) is 22.7 Å². The van der Waals surface area contributed by atoms with Gasteiger partial charge >= 0.3 is 0 Å². The van der Waals surface area contributed by atoms with E-state index in [0.717, 1.165) is 5.56 Å². The lowest BCUT2D eigenvalue weighted by Gasteiger charge is -2.15. The predicted molar refractivity (Wildman–Crippen MR) is 105 cm³/mol. The zero-order chi connectivity index (χ0) is 18.4. The van der Waals surface area contributed by atoms with Gasteiger partial charge in [0, 0.05) is 34.6 Å². The monoisotopic (exact) mass is 406 g/mol. The van der Waals surface area contributed by atoms with Crippen LogP contribution in [-0.4, -0.2) is 21.8 Å². The topological polar surface area (TPSA) is 84.0 Å². The fraction of sp³-hybridized carbons (Fsp3) is 0.176. The molecule has 9 heteroatoms. The van der Waals surface area contributed by atoms with Crippen LogP contribution in [0.15, 0.2) is 47.4 Å². The van der Waals surface area contributed by atoms with Crippen LogP contribution in [0.1, 0.15) is 12.0 Å². The lowest BCUT2D eigenvalue weighted by Crippen LogP contribution is -2.29. The lowest BCUT2D eigenvalue weighted by molar-refractivity contribution is -0.124. The molecular formula is C17H15ClN4O2S2. The molecule has 1 atom stereocenters. The maximum absolute atomic E-state index is 12.7. The molecule has 2 heterocycles. The van der Waals surface area contributed by atoms with Gasteiger partial charge in [-0.2, -0.15) is 0 Å². The van der Waals surface area contributed by atoms with Crippen LogP contribution in [0.4, 0.5) is 10.3 Å². The van der Waals surface area contributed by atoms with Crippen molar-refractivity contribution in [2.24, 2.45) is 5.92 Å². The molecule has 0 aliphatic heterocycles. The summed E-state index contributed by atoms with van der Waals surface area (Å²) in [7, 11) is 0. The van der Waals surface area contributed by atoms with Crippen LogP contribution in [0.2, 0.25) is 5.02 Å². The third-order valence-electron chi connectivity index (χ3n) is 3.54. The number of aromatic nitrogens is 2. The minimum Gasteiger partial charge on any atom is -0.302 e. The van der Waals surface area contributed by atoms with E-state index in [1.807, 2.05) is 12.1 Å². The molecule has 134 valence electrons. The van der Waals surface area contributed by atoms with Gasteiger partial charge in [0.25, 0.3) is 0 Å². The second kappa shape index (κ2) is 8.88. The molecule has 2 aromatic heterocycles. The van der Waals surface area contributed by atoms with Crippen molar-refractivity contribution in [2.75, 3.05) is 10.6 Å². The van der Waals surface area contributed by atoms with Gasteiger partial charge in [-0.1, -0.05) is 23.7 Å². The third kappa shape index (κ3) is 5.35. The zero-order valence-corrected chi connectivity index (χ0v) is 15.9. The molecule has 0 bridgehead atoms. The minimum atomic E-state index is -0.542. The van der Waals surface area contributed by atoms with Gasteiger partial charge in [0.15, 0.2) is 10.3 Å². The lowest BCUT2D eigenvalue weighted by atomic mass is 9.95. The first-order chi connectivity index (χ1) is 12.6. The Bertz CT molecular complexity index is 852. The summed E-state index contributed by atoms with van der Waals surface area (Å²) in [6, 6.07) is 7.24. The first kappa shape index (κ1) is 18.5. The molecule has 0 radical (unpaired) electrons. The number of carbonyl (C=O) groups is 2. The van der Waals surface area contributed by atoms with Gasteiger partial charge < -0.3 is 10.6 Å². The van der Waals surface area contributed by atoms with Crippen molar-refractivity contribution in [3.8, 4) is 0 Å². The summed E-state index contributed by atoms with van der Waals surface area (Å²) in [6.07, 6.45) is 3.68. The highest BCUT2D eigenvalue weighted by Crippen LogP contribution is 2.20. The van der Waals surface area contributed by atoms with Gasteiger partial charge in [0.2, 0.25) is 11.8 Å². The number of amides is 2. The standard InChI is InChI=1S/C17H15ClN4O2S2/c18-13-3-1-11(2-4-13)9-12(15(24)22-17-20-6-8-26-17)10-14(23)21-16-19-5-7-25-16/h1-8,12H,9-10H2,(H,19,21,23)(H,20,22,24)/t12-/m0/s1. The number of hydrogen-bond donors (Lipinski definition) is 2. The Balaban J connectivity index is 1.70. The number of anilines is 2. The van der Waals surface area contributed by atoms with Gasteiger partial charge in [0.1, 0.15) is 0 Å². The number of thiazole rings is 2. The van der Waals surface area contributed by atoms with E-state index >= 15 is 0 Å². The van der Waals surface area contributed by atoms with E-state index in [4.69, 9.17) is 11.6 Å². The Morgan fingerprint density at radius 3 is 2.19 bits per heavy atom. The number of halogens is 1. The highest BCUT2D eigenvalue weighted by Gasteiger charge is 2.23. The van der Waals surface area contributed by atoms with Crippen LogP contribution in [0.25, 0.3) is 0 Å². The van der Waals surface area contributed by atoms with E-state index in [-0.39, 0.29) is 18.2 Å². The van der Waals surface area contributed by atoms with Crippen LogP contribution in [0.5, 0.6) is 0 Å². The summed E-state index contributed by atoms with van der Waals surface area (Å²) in [5, 5.41) is 10.7. The van der Waals surface area contributed by atoms with Gasteiger partial charge in [-0.05, 0) is 24.1 Å². The minimum absolute atomic E-state index is 0.0411. The van der Waals surface area contributed by atoms with Crippen molar-refractivity contribution in [1.29, 1.82) is 0 Å². The van der Waals surface area contributed by atoms with E-state index in [9.17, 15) is 9.59 Å². The Labute approximate surface area is 163 Å². The van der Waals surface area contributed by atoms with Crippen molar-refractivity contribution in [3.05, 3.63) is 58.0 Å². The quantitative estimate of drug-likeness (QED) is 0.619. The Kier molecular flexibility index (Phi) is 6.32. The van der Waals surface area contributed by atoms with E-state index in [1.165, 1.54) is 22.7 Å². The molecule has 2 amide bonds. The molecule has 6 nitrogen and oxygen atoms in total. The van der Waals surface area contributed by atoms with E-state index in [2.05, 4.69) is 20.6 Å². The SMILES string of the molecule is O=C(C[C@H](Cc1ccc(Cl)cc1)C(=O)Nc1nccs1)Nc1nccs1. The van der Waals surface area contributed by atoms with Gasteiger partial charge in [-0.3, -0.25) is 9.59 Å². The second-order valence-corrected chi connectivity index (χ2v) is 7.67. The number of benzene rings is 1. The molecule has 0 fully saturated rings. The van der Waals surface area contributed by atoms with Crippen molar-refractivity contribution in [3.63, 3.8) is 0 Å². The molecule has 3 aromatic rings. The van der Waals surface area contributed by atoms with Crippen LogP contribution in [0, 0.1) is 5.92 Å². The average Bonchev–Trinajstić information content (AvgIpc) is 3.30. The van der Waals surface area contributed by atoms with Crippen LogP contribution in [-0.2, 0) is 16.0 Å². The molecule has 0 spiro atoms. The molecule has 26 heavy (non-hydrogen) atoms. The van der Waals surface area contributed by atoms with Crippen molar-refractivity contribution in [2.45, 2.75) is 12.8 Å². The smallest absolute Gasteiger partial charge is 0.230 e. The third-order valence-corrected chi connectivity index (χ3v) is 5.17. The van der Waals surface area contributed by atoms with Gasteiger partial charge in [-0.25, -0.2) is 9.97 Å². The number of carbonyl (C=O) groups excluding carboxylic acids is 2. The van der Waals surface area contributed by atoms with Crippen molar-refractivity contribution >= 4 is 56.4 Å². The molecule has 0 aliphatic rings. The summed E-state index contributed by atoms with van der Waals surface area (Å²) >= 11 is 8.57. The Hall–Kier alpha value is -2.29. The fourth-order valence-electron chi connectivity index (χ4n) is 2.33. The first-order valence-electron chi connectivity index (χ1n) is 7.74. The van der Waals surface area contributed by atoms with Crippen LogP contribution < -0.4 is 10.6 Å². The van der Waals surface area contributed by atoms with Crippen LogP contribution >= 0.6 is 34.3 Å². The average molecular weight is 407 g/mol. The van der Waals surface area contributed by atoms with Crippen LogP contribution in [0.3, 0.4) is 0 Å². The number of rotatable bonds is 7. The molecule has 3 rings (SSSR count). The fourth-order valence-corrected chi connectivity index (χ4v) is 3.54. The largest absolute Gasteiger partial charge is 0.302 e. The Morgan fingerprint density at radius 2 is 1.62 bits per heavy atom. The molecular weight excluding hydrogens is 392 g/mol. The summed E-state index contributed by atoms with van der Waals surface area (Å²) in [4.78, 5) is 33.1. The molecule has 2 N–H and O–H groups in total. The zero-order valence-electron chi connectivity index (χ0n) is 13.5. The van der Waals surface area contributed by atoms with E-state index in [1.54, 1.807) is 35.3 Å². The molecule has 0 unspecified atom stereocenters. The summed E-state index contributed by atoms with van der Waals surface area (Å²) in [6.45, 7) is 0. The van der Waals surface area contributed by atoms with Gasteiger partial charge in [0.05, 0.1) is 5.92 Å². The highest BCUT2D eigenvalue weighted by molar-refractivity contribution is 7.14. The summed E-state index contributed by atoms with van der Waals surface area (Å²) in [5.41, 5.74) is 0.927. The molecule has 0 aliphatic carbocycles. The molecule has 0 saturated carbocycles. The first-order valence-corrected chi connectivity index (χ1v) is 9.88. The van der Waals surface area contributed by atoms with Crippen molar-refractivity contribution in [1.82, 2.24) is 9.97 Å². The number of nitrogens with one attached hydrogen (secondary N) is 2. The van der Waals surface area contributed by atoms with E-state index in [0.29, 0.717) is 21.7 Å². The maximum Gasteiger partial charge on any atom is 0.230 e. The summed E-state index contributed by atoms with van der Waals surface area (Å²) in [5.74, 6) is -1.04. The van der Waals surface area contributed by atoms with E-state index < -0.39 is 5.92 Å². The molecule has 1 aromatic carbocycles.